The molecule has 7 heteroatoms. The van der Waals surface area contributed by atoms with Crippen molar-refractivity contribution < 1.29 is 18.9 Å². The summed E-state index contributed by atoms with van der Waals surface area (Å²) in [5, 5.41) is 7.38. The van der Waals surface area contributed by atoms with Crippen LogP contribution in [0.25, 0.3) is 0 Å². The van der Waals surface area contributed by atoms with Gasteiger partial charge in [-0.3, -0.25) is 0 Å². The third-order valence-electron chi connectivity index (χ3n) is 5.41. The van der Waals surface area contributed by atoms with Gasteiger partial charge in [0.25, 0.3) is 0 Å². The molecule has 1 saturated heterocycles. The van der Waals surface area contributed by atoms with Gasteiger partial charge in [-0.2, -0.15) is 0 Å². The van der Waals surface area contributed by atoms with Crippen LogP contribution in [-0.4, -0.2) is 52.7 Å². The van der Waals surface area contributed by atoms with Gasteiger partial charge in [-0.05, 0) is 43.4 Å². The first-order valence-corrected chi connectivity index (χ1v) is 9.69. The number of rotatable bonds is 8. The summed E-state index contributed by atoms with van der Waals surface area (Å²) < 4.78 is 22.4. The van der Waals surface area contributed by atoms with E-state index in [2.05, 4.69) is 10.6 Å². The molecule has 3 unspecified atom stereocenters. The van der Waals surface area contributed by atoms with Gasteiger partial charge in [0, 0.05) is 25.2 Å². The Labute approximate surface area is 168 Å². The van der Waals surface area contributed by atoms with E-state index in [-0.39, 0.29) is 12.4 Å². The van der Waals surface area contributed by atoms with Crippen molar-refractivity contribution in [2.45, 2.75) is 44.8 Å². The lowest BCUT2D eigenvalue weighted by atomic mass is 9.94. The van der Waals surface area contributed by atoms with Gasteiger partial charge in [0.05, 0.1) is 34.0 Å². The van der Waals surface area contributed by atoms with Crippen molar-refractivity contribution in [3.05, 3.63) is 17.7 Å². The highest BCUT2D eigenvalue weighted by atomic mass is 35.5. The SMILES string of the molecule is CCOc1c(OC)cc(CNC2CCCC2C2COCCN2)cc1OC.Cl. The first kappa shape index (κ1) is 22.1. The molecule has 0 amide bonds. The molecule has 1 aromatic carbocycles. The highest BCUT2D eigenvalue weighted by Crippen LogP contribution is 2.39. The number of nitrogens with one attached hydrogen (secondary N) is 2. The molecule has 154 valence electrons. The van der Waals surface area contributed by atoms with Gasteiger partial charge in [0.1, 0.15) is 0 Å². The summed E-state index contributed by atoms with van der Waals surface area (Å²) in [6.07, 6.45) is 3.75. The van der Waals surface area contributed by atoms with Crippen LogP contribution in [0.15, 0.2) is 12.1 Å². The molecule has 6 nitrogen and oxygen atoms in total. The van der Waals surface area contributed by atoms with Gasteiger partial charge in [0.15, 0.2) is 11.5 Å². The lowest BCUT2D eigenvalue weighted by Crippen LogP contribution is -2.50. The van der Waals surface area contributed by atoms with Crippen LogP contribution in [0.2, 0.25) is 0 Å². The second-order valence-corrected chi connectivity index (χ2v) is 6.98. The molecule has 2 aliphatic rings. The van der Waals surface area contributed by atoms with Gasteiger partial charge in [-0.1, -0.05) is 6.42 Å². The molecule has 1 aliphatic carbocycles. The zero-order chi connectivity index (χ0) is 18.4. The zero-order valence-electron chi connectivity index (χ0n) is 16.6. The average molecular weight is 401 g/mol. The number of halogens is 1. The molecule has 1 saturated carbocycles. The van der Waals surface area contributed by atoms with E-state index >= 15 is 0 Å². The Morgan fingerprint density at radius 1 is 1.19 bits per heavy atom. The Morgan fingerprint density at radius 3 is 2.52 bits per heavy atom. The standard InChI is InChI=1S/C20H32N2O4.ClH/c1-4-26-20-18(23-2)10-14(11-19(20)24-3)12-22-16-7-5-6-15(16)17-13-25-9-8-21-17;/h10-11,15-17,21-22H,4-9,12-13H2,1-3H3;1H. The molecule has 27 heavy (non-hydrogen) atoms. The van der Waals surface area contributed by atoms with E-state index in [1.165, 1.54) is 19.3 Å². The van der Waals surface area contributed by atoms with Gasteiger partial charge >= 0.3 is 0 Å². The Kier molecular flexibility index (Phi) is 8.96. The first-order valence-electron chi connectivity index (χ1n) is 9.69. The van der Waals surface area contributed by atoms with Crippen molar-refractivity contribution in [2.75, 3.05) is 40.6 Å². The van der Waals surface area contributed by atoms with Crippen molar-refractivity contribution in [1.29, 1.82) is 0 Å². The van der Waals surface area contributed by atoms with Crippen molar-refractivity contribution in [3.63, 3.8) is 0 Å². The van der Waals surface area contributed by atoms with Crippen LogP contribution < -0.4 is 24.8 Å². The number of morpholine rings is 1. The molecular weight excluding hydrogens is 368 g/mol. The summed E-state index contributed by atoms with van der Waals surface area (Å²) in [6.45, 7) is 5.93. The molecule has 3 rings (SSSR count). The number of methoxy groups -OCH3 is 2. The van der Waals surface area contributed by atoms with Crippen LogP contribution >= 0.6 is 12.4 Å². The number of hydrogen-bond donors (Lipinski definition) is 2. The number of hydrogen-bond acceptors (Lipinski definition) is 6. The van der Waals surface area contributed by atoms with E-state index in [4.69, 9.17) is 18.9 Å². The van der Waals surface area contributed by atoms with E-state index in [9.17, 15) is 0 Å². The predicted molar refractivity (Wildman–Crippen MR) is 109 cm³/mol. The number of ether oxygens (including phenoxy) is 4. The summed E-state index contributed by atoms with van der Waals surface area (Å²) in [6, 6.07) is 5.05. The molecule has 1 aromatic rings. The Bertz CT molecular complexity index is 556. The summed E-state index contributed by atoms with van der Waals surface area (Å²) in [4.78, 5) is 0. The number of benzene rings is 1. The molecule has 0 radical (unpaired) electrons. The minimum atomic E-state index is 0. The van der Waals surface area contributed by atoms with Gasteiger partial charge in [-0.25, -0.2) is 0 Å². The summed E-state index contributed by atoms with van der Waals surface area (Å²) in [5.41, 5.74) is 1.14. The molecule has 3 atom stereocenters. The predicted octanol–water partition coefficient (Wildman–Crippen LogP) is 2.77. The Hall–Kier alpha value is -1.21. The molecule has 2 fully saturated rings. The van der Waals surface area contributed by atoms with Crippen molar-refractivity contribution >= 4 is 12.4 Å². The van der Waals surface area contributed by atoms with Crippen molar-refractivity contribution in [1.82, 2.24) is 10.6 Å². The first-order chi connectivity index (χ1) is 12.8. The smallest absolute Gasteiger partial charge is 0.203 e. The van der Waals surface area contributed by atoms with Crippen molar-refractivity contribution in [2.24, 2.45) is 5.92 Å². The summed E-state index contributed by atoms with van der Waals surface area (Å²) in [5.74, 6) is 2.73. The summed E-state index contributed by atoms with van der Waals surface area (Å²) >= 11 is 0. The van der Waals surface area contributed by atoms with Crippen LogP contribution in [0.4, 0.5) is 0 Å². The minimum absolute atomic E-state index is 0. The molecule has 1 aliphatic heterocycles. The average Bonchev–Trinajstić information content (AvgIpc) is 3.16. The van der Waals surface area contributed by atoms with Gasteiger partial charge < -0.3 is 29.6 Å². The quantitative estimate of drug-likeness (QED) is 0.699. The van der Waals surface area contributed by atoms with Crippen molar-refractivity contribution in [3.8, 4) is 17.2 Å². The summed E-state index contributed by atoms with van der Waals surface area (Å²) in [7, 11) is 3.33. The van der Waals surface area contributed by atoms with Gasteiger partial charge in [0.2, 0.25) is 5.75 Å². The van der Waals surface area contributed by atoms with Crippen LogP contribution in [0, 0.1) is 5.92 Å². The molecule has 0 aromatic heterocycles. The van der Waals surface area contributed by atoms with Gasteiger partial charge in [-0.15, -0.1) is 12.4 Å². The highest BCUT2D eigenvalue weighted by molar-refractivity contribution is 5.85. The highest BCUT2D eigenvalue weighted by Gasteiger charge is 2.34. The fourth-order valence-electron chi connectivity index (χ4n) is 4.16. The Morgan fingerprint density at radius 2 is 1.93 bits per heavy atom. The maximum atomic E-state index is 5.69. The maximum absolute atomic E-state index is 5.69. The third-order valence-corrected chi connectivity index (χ3v) is 5.41. The lowest BCUT2D eigenvalue weighted by molar-refractivity contribution is 0.0524. The van der Waals surface area contributed by atoms with E-state index < -0.39 is 0 Å². The van der Waals surface area contributed by atoms with E-state index in [0.29, 0.717) is 41.9 Å². The molecule has 2 N–H and O–H groups in total. The second kappa shape index (κ2) is 11.0. The van der Waals surface area contributed by atoms with E-state index in [0.717, 1.165) is 31.9 Å². The molecule has 0 spiro atoms. The monoisotopic (exact) mass is 400 g/mol. The minimum Gasteiger partial charge on any atom is -0.493 e. The molecule has 1 heterocycles. The van der Waals surface area contributed by atoms with Crippen LogP contribution in [0.1, 0.15) is 31.7 Å². The second-order valence-electron chi connectivity index (χ2n) is 6.98. The maximum Gasteiger partial charge on any atom is 0.203 e. The third kappa shape index (κ3) is 5.41. The topological polar surface area (TPSA) is 61.0 Å². The van der Waals surface area contributed by atoms with Crippen LogP contribution in [0.3, 0.4) is 0 Å². The molecular formula is C20H33ClN2O4. The van der Waals surface area contributed by atoms with E-state index in [1.54, 1.807) is 14.2 Å². The zero-order valence-corrected chi connectivity index (χ0v) is 17.4. The fraction of sp³-hybridized carbons (Fsp3) is 0.700. The molecule has 0 bridgehead atoms. The lowest BCUT2D eigenvalue weighted by Gasteiger charge is -2.33. The fourth-order valence-corrected chi connectivity index (χ4v) is 4.16. The van der Waals surface area contributed by atoms with Crippen LogP contribution in [0.5, 0.6) is 17.2 Å². The Balaban J connectivity index is 0.00000261. The normalized spacial score (nSPS) is 24.9. The van der Waals surface area contributed by atoms with E-state index in [1.807, 2.05) is 19.1 Å². The van der Waals surface area contributed by atoms with Crippen LogP contribution in [-0.2, 0) is 11.3 Å². The largest absolute Gasteiger partial charge is 0.493 e.